The smallest absolute Gasteiger partial charge is 0.545 e. The molecule has 9 nitrogen and oxygen atoms in total. The number of rotatable bonds is 2. The van der Waals surface area contributed by atoms with Crippen molar-refractivity contribution in [1.29, 1.82) is 0 Å². The normalized spacial score (nSPS) is 8.32. The summed E-state index contributed by atoms with van der Waals surface area (Å²) in [6.45, 7) is 0. The molecule has 2 aromatic rings. The quantitative estimate of drug-likeness (QED) is 0.444. The first kappa shape index (κ1) is 24.8. The van der Waals surface area contributed by atoms with Crippen molar-refractivity contribution in [1.82, 2.24) is 0 Å². The van der Waals surface area contributed by atoms with Crippen LogP contribution < -0.4 is 21.7 Å². The number of nitrogens with two attached hydrogens (primary N) is 2. The first-order chi connectivity index (χ1) is 11.2. The van der Waals surface area contributed by atoms with Crippen LogP contribution in [0, 0.1) is 0 Å². The van der Waals surface area contributed by atoms with Crippen molar-refractivity contribution < 1.29 is 34.8 Å². The number of amides is 2. The monoisotopic (exact) mass is 374 g/mol. The molecule has 128 valence electrons. The standard InChI is InChI=1S/2C7H6O3.CH4N2O.Ca/c2*8-6-4-2-1-3-5(6)7(9)10;2-1(3)4;/h2*1-4,8H,(H,9,10);(H4,2,3,4);/q;;;+2/p-2. The molecule has 10 heteroatoms. The maximum Gasteiger partial charge on any atom is 2.00 e. The molecule has 2 aromatic carbocycles. The summed E-state index contributed by atoms with van der Waals surface area (Å²) in [5.74, 6) is -3.25. The Labute approximate surface area is 172 Å². The van der Waals surface area contributed by atoms with Crippen LogP contribution in [0.15, 0.2) is 48.5 Å². The van der Waals surface area contributed by atoms with Crippen LogP contribution in [0.1, 0.15) is 20.7 Å². The molecular formula is C15H14CaN2O7. The Morgan fingerprint density at radius 2 is 0.960 bits per heavy atom. The van der Waals surface area contributed by atoms with Crippen LogP contribution >= 0.6 is 0 Å². The number of carbonyl (C=O) groups is 3. The first-order valence-electron chi connectivity index (χ1n) is 6.20. The van der Waals surface area contributed by atoms with Gasteiger partial charge >= 0.3 is 43.8 Å². The van der Waals surface area contributed by atoms with Gasteiger partial charge in [0.1, 0.15) is 11.5 Å². The number of aromatic hydroxyl groups is 2. The Morgan fingerprint density at radius 1 is 0.720 bits per heavy atom. The van der Waals surface area contributed by atoms with Crippen LogP contribution in [0.4, 0.5) is 4.79 Å². The molecule has 0 aliphatic carbocycles. The minimum atomic E-state index is -1.36. The summed E-state index contributed by atoms with van der Waals surface area (Å²) < 4.78 is 0. The molecule has 0 aliphatic heterocycles. The van der Waals surface area contributed by atoms with Gasteiger partial charge in [0.05, 0.1) is 11.9 Å². The van der Waals surface area contributed by atoms with E-state index in [9.17, 15) is 19.8 Å². The van der Waals surface area contributed by atoms with E-state index < -0.39 is 18.0 Å². The van der Waals surface area contributed by atoms with E-state index in [1.807, 2.05) is 0 Å². The summed E-state index contributed by atoms with van der Waals surface area (Å²) in [4.78, 5) is 29.3. The van der Waals surface area contributed by atoms with Crippen LogP contribution in [0.5, 0.6) is 11.5 Å². The third kappa shape index (κ3) is 10.8. The van der Waals surface area contributed by atoms with Crippen molar-refractivity contribution in [2.75, 3.05) is 0 Å². The van der Waals surface area contributed by atoms with Gasteiger partial charge in [0.25, 0.3) is 0 Å². The summed E-state index contributed by atoms with van der Waals surface area (Å²) in [5.41, 5.74) is 8.14. The van der Waals surface area contributed by atoms with Crippen LogP contribution in [-0.2, 0) is 0 Å². The average Bonchev–Trinajstić information content (AvgIpc) is 2.47. The molecule has 0 atom stereocenters. The number of benzene rings is 2. The van der Waals surface area contributed by atoms with Gasteiger partial charge in [0.15, 0.2) is 0 Å². The van der Waals surface area contributed by atoms with Crippen molar-refractivity contribution >= 4 is 55.7 Å². The summed E-state index contributed by atoms with van der Waals surface area (Å²) >= 11 is 0. The molecule has 0 aliphatic rings. The van der Waals surface area contributed by atoms with E-state index in [0.717, 1.165) is 0 Å². The summed E-state index contributed by atoms with van der Waals surface area (Å²) in [6.07, 6.45) is 0. The topological polar surface area (TPSA) is 190 Å². The molecule has 0 radical (unpaired) electrons. The van der Waals surface area contributed by atoms with E-state index in [1.54, 1.807) is 12.1 Å². The predicted octanol–water partition coefficient (Wildman–Crippen LogP) is -1.85. The Kier molecular flexibility index (Phi) is 12.8. The van der Waals surface area contributed by atoms with Gasteiger partial charge in [-0.05, 0) is 24.3 Å². The Bertz CT molecular complexity index is 663. The molecular weight excluding hydrogens is 360 g/mol. The fraction of sp³-hybridized carbons (Fsp3) is 0. The second kappa shape index (κ2) is 12.9. The molecule has 0 unspecified atom stereocenters. The SMILES string of the molecule is NC(N)=O.O=C([O-])c1ccccc1O.O=C([O-])c1ccccc1O.[Ca+2]. The number of phenols is 2. The molecule has 0 fully saturated rings. The predicted molar refractivity (Wildman–Crippen MR) is 84.4 cm³/mol. The summed E-state index contributed by atoms with van der Waals surface area (Å²) in [5, 5.41) is 38.0. The zero-order chi connectivity index (χ0) is 18.7. The first-order valence-corrected chi connectivity index (χ1v) is 6.20. The number of urea groups is 1. The van der Waals surface area contributed by atoms with Gasteiger partial charge in [-0.2, -0.15) is 0 Å². The Hall–Kier alpha value is -2.49. The fourth-order valence-corrected chi connectivity index (χ4v) is 1.29. The van der Waals surface area contributed by atoms with Crippen molar-refractivity contribution in [2.45, 2.75) is 0 Å². The van der Waals surface area contributed by atoms with Gasteiger partial charge in [-0.15, -0.1) is 0 Å². The van der Waals surface area contributed by atoms with Gasteiger partial charge in [-0.25, -0.2) is 4.79 Å². The number of carbonyl (C=O) groups excluding carboxylic acids is 3. The van der Waals surface area contributed by atoms with Gasteiger partial charge in [0, 0.05) is 11.1 Å². The molecule has 0 bridgehead atoms. The van der Waals surface area contributed by atoms with E-state index in [0.29, 0.717) is 0 Å². The van der Waals surface area contributed by atoms with E-state index in [-0.39, 0.29) is 60.4 Å². The van der Waals surface area contributed by atoms with Crippen LogP contribution in [0.2, 0.25) is 0 Å². The third-order valence-electron chi connectivity index (χ3n) is 2.25. The van der Waals surface area contributed by atoms with Gasteiger partial charge < -0.3 is 41.5 Å². The fourth-order valence-electron chi connectivity index (χ4n) is 1.29. The maximum atomic E-state index is 10.2. The largest absolute Gasteiger partial charge is 2.00 e. The number of hydrogen-bond acceptors (Lipinski definition) is 7. The van der Waals surface area contributed by atoms with Gasteiger partial charge in [0.2, 0.25) is 0 Å². The van der Waals surface area contributed by atoms with Crippen molar-refractivity contribution in [3.8, 4) is 11.5 Å². The zero-order valence-corrected chi connectivity index (χ0v) is 15.1. The molecule has 0 saturated heterocycles. The molecule has 25 heavy (non-hydrogen) atoms. The second-order valence-electron chi connectivity index (χ2n) is 4.01. The second-order valence-corrected chi connectivity index (χ2v) is 4.01. The Balaban J connectivity index is 0. The molecule has 0 aromatic heterocycles. The number of carboxylic acid groups (broad SMARTS) is 2. The minimum absolute atomic E-state index is 0. The van der Waals surface area contributed by atoms with Gasteiger partial charge in [-0.1, -0.05) is 24.3 Å². The number of para-hydroxylation sites is 2. The third-order valence-corrected chi connectivity index (χ3v) is 2.25. The summed E-state index contributed by atoms with van der Waals surface area (Å²) in [7, 11) is 0. The number of primary amides is 2. The van der Waals surface area contributed by atoms with Crippen LogP contribution in [0.3, 0.4) is 0 Å². The number of hydrogen-bond donors (Lipinski definition) is 4. The van der Waals surface area contributed by atoms with E-state index >= 15 is 0 Å². The molecule has 6 N–H and O–H groups in total. The van der Waals surface area contributed by atoms with Crippen LogP contribution in [-0.4, -0.2) is 65.9 Å². The minimum Gasteiger partial charge on any atom is -0.545 e. The van der Waals surface area contributed by atoms with E-state index in [2.05, 4.69) is 11.5 Å². The number of aromatic carboxylic acids is 2. The molecule has 2 rings (SSSR count). The summed E-state index contributed by atoms with van der Waals surface area (Å²) in [6, 6.07) is 10.4. The van der Waals surface area contributed by atoms with Crippen LogP contribution in [0.25, 0.3) is 0 Å². The zero-order valence-electron chi connectivity index (χ0n) is 12.9. The molecule has 2 amide bonds. The van der Waals surface area contributed by atoms with Crippen molar-refractivity contribution in [2.24, 2.45) is 11.5 Å². The molecule has 0 heterocycles. The van der Waals surface area contributed by atoms with E-state index in [4.69, 9.17) is 15.0 Å². The molecule has 0 spiro atoms. The number of carboxylic acids is 2. The van der Waals surface area contributed by atoms with Gasteiger partial charge in [-0.3, -0.25) is 0 Å². The van der Waals surface area contributed by atoms with E-state index in [1.165, 1.54) is 36.4 Å². The average molecular weight is 374 g/mol. The van der Waals surface area contributed by atoms with Crippen molar-refractivity contribution in [3.05, 3.63) is 59.7 Å². The Morgan fingerprint density at radius 3 is 1.12 bits per heavy atom. The van der Waals surface area contributed by atoms with Crippen molar-refractivity contribution in [3.63, 3.8) is 0 Å². The molecule has 0 saturated carbocycles. The maximum absolute atomic E-state index is 10.2.